The van der Waals surface area contributed by atoms with Gasteiger partial charge < -0.3 is 5.32 Å². The molecule has 29 heavy (non-hydrogen) atoms. The Balaban J connectivity index is 1.66. The summed E-state index contributed by atoms with van der Waals surface area (Å²) in [5.74, 6) is 0.0652. The summed E-state index contributed by atoms with van der Waals surface area (Å²) in [6.07, 6.45) is 1.06. The minimum absolute atomic E-state index is 0.0111. The normalized spacial score (nSPS) is 15.4. The Morgan fingerprint density at radius 1 is 0.828 bits per heavy atom. The molecule has 0 bridgehead atoms. The van der Waals surface area contributed by atoms with Crippen LogP contribution in [-0.4, -0.2) is 11.7 Å². The first-order valence-corrected chi connectivity index (χ1v) is 9.87. The number of allylic oxidation sites excluding steroid dienone is 1. The lowest BCUT2D eigenvalue weighted by Crippen LogP contribution is -2.11. The Labute approximate surface area is 171 Å². The number of carbonyl (C=O) groups excluding carboxylic acids is 2. The topological polar surface area (TPSA) is 46.2 Å². The highest BCUT2D eigenvalue weighted by Crippen LogP contribution is 2.37. The summed E-state index contributed by atoms with van der Waals surface area (Å²) in [6.45, 7) is 2.00. The van der Waals surface area contributed by atoms with E-state index in [2.05, 4.69) is 17.4 Å². The average Bonchev–Trinajstić information content (AvgIpc) is 3.10. The van der Waals surface area contributed by atoms with Crippen LogP contribution in [0.25, 0.3) is 5.57 Å². The van der Waals surface area contributed by atoms with Gasteiger partial charge in [0.25, 0.3) is 5.91 Å². The van der Waals surface area contributed by atoms with E-state index in [9.17, 15) is 9.59 Å². The Morgan fingerprint density at radius 3 is 2.17 bits per heavy atom. The molecule has 3 nitrogen and oxygen atoms in total. The van der Waals surface area contributed by atoms with Gasteiger partial charge in [0.05, 0.1) is 0 Å². The largest absolute Gasteiger partial charge is 0.321 e. The van der Waals surface area contributed by atoms with E-state index in [1.807, 2.05) is 79.7 Å². The molecule has 1 aliphatic heterocycles. The second kappa shape index (κ2) is 8.27. The number of fused-ring (bicyclic) bond motifs is 1. The maximum Gasteiger partial charge on any atom is 0.256 e. The Bertz CT molecular complexity index is 1070. The summed E-state index contributed by atoms with van der Waals surface area (Å²) in [5.41, 5.74) is 5.36. The van der Waals surface area contributed by atoms with E-state index < -0.39 is 0 Å². The third kappa shape index (κ3) is 4.04. The van der Waals surface area contributed by atoms with Crippen molar-refractivity contribution in [3.63, 3.8) is 0 Å². The van der Waals surface area contributed by atoms with Crippen LogP contribution in [0.3, 0.4) is 0 Å². The summed E-state index contributed by atoms with van der Waals surface area (Å²) < 4.78 is 0. The smallest absolute Gasteiger partial charge is 0.256 e. The van der Waals surface area contributed by atoms with E-state index in [0.29, 0.717) is 12.8 Å². The number of anilines is 1. The lowest BCUT2D eigenvalue weighted by molar-refractivity contribution is -0.110. The zero-order valence-corrected chi connectivity index (χ0v) is 16.4. The summed E-state index contributed by atoms with van der Waals surface area (Å²) in [7, 11) is 0. The monoisotopic (exact) mass is 381 g/mol. The predicted molar refractivity (Wildman–Crippen MR) is 117 cm³/mol. The fourth-order valence-electron chi connectivity index (χ4n) is 4.01. The minimum Gasteiger partial charge on any atom is -0.321 e. The molecule has 3 aromatic rings. The van der Waals surface area contributed by atoms with Crippen molar-refractivity contribution in [3.8, 4) is 0 Å². The van der Waals surface area contributed by atoms with Crippen molar-refractivity contribution >= 4 is 23.0 Å². The molecule has 1 N–H and O–H groups in total. The number of rotatable bonds is 6. The standard InChI is InChI=1S/C26H23NO2/c1-18(25-22-14-8-9-15-23(22)27-26(25)29)16-21(19-10-4-2-5-11-19)17-24(28)20-12-6-3-7-13-20/h2-15,21H,16-17H2,1H3,(H,27,29)/b25-18-/t21-/m1/s1. The number of hydrogen-bond donors (Lipinski definition) is 1. The highest BCUT2D eigenvalue weighted by Gasteiger charge is 2.27. The summed E-state index contributed by atoms with van der Waals surface area (Å²) >= 11 is 0. The van der Waals surface area contributed by atoms with Crippen LogP contribution in [0.15, 0.2) is 90.5 Å². The number of para-hydroxylation sites is 1. The number of Topliss-reactive ketones (excluding diaryl/α,β-unsaturated/α-hetero) is 1. The van der Waals surface area contributed by atoms with Crippen LogP contribution < -0.4 is 5.32 Å². The SMILES string of the molecule is C/C(C[C@H](CC(=O)c1ccccc1)c1ccccc1)=C1/C(=O)Nc2ccccc21. The molecule has 0 aromatic heterocycles. The van der Waals surface area contributed by atoms with Crippen LogP contribution in [0, 0.1) is 0 Å². The molecule has 3 heteroatoms. The molecule has 1 heterocycles. The molecule has 0 aliphatic carbocycles. The number of nitrogens with one attached hydrogen (secondary N) is 1. The molecule has 0 saturated heterocycles. The molecule has 0 unspecified atom stereocenters. The van der Waals surface area contributed by atoms with Gasteiger partial charge in [-0.2, -0.15) is 0 Å². The molecule has 0 radical (unpaired) electrons. The van der Waals surface area contributed by atoms with Crippen LogP contribution in [0.2, 0.25) is 0 Å². The summed E-state index contributed by atoms with van der Waals surface area (Å²) in [6, 6.07) is 27.2. The summed E-state index contributed by atoms with van der Waals surface area (Å²) in [5, 5.41) is 2.94. The van der Waals surface area contributed by atoms with Gasteiger partial charge in [-0.15, -0.1) is 0 Å². The quantitative estimate of drug-likeness (QED) is 0.429. The minimum atomic E-state index is -0.0649. The van der Waals surface area contributed by atoms with E-state index >= 15 is 0 Å². The third-order valence-corrected chi connectivity index (χ3v) is 5.45. The van der Waals surface area contributed by atoms with E-state index in [1.165, 1.54) is 0 Å². The number of carbonyl (C=O) groups is 2. The second-order valence-electron chi connectivity index (χ2n) is 7.46. The van der Waals surface area contributed by atoms with Crippen molar-refractivity contribution in [2.75, 3.05) is 5.32 Å². The zero-order chi connectivity index (χ0) is 20.2. The molecular weight excluding hydrogens is 358 g/mol. The number of ketones is 1. The van der Waals surface area contributed by atoms with Crippen LogP contribution in [-0.2, 0) is 4.79 Å². The number of benzene rings is 3. The highest BCUT2D eigenvalue weighted by atomic mass is 16.2. The molecule has 1 atom stereocenters. The number of hydrogen-bond acceptors (Lipinski definition) is 2. The van der Waals surface area contributed by atoms with Crippen molar-refractivity contribution in [1.29, 1.82) is 0 Å². The van der Waals surface area contributed by atoms with Gasteiger partial charge in [0, 0.05) is 28.8 Å². The van der Waals surface area contributed by atoms with Crippen molar-refractivity contribution in [3.05, 3.63) is 107 Å². The summed E-state index contributed by atoms with van der Waals surface area (Å²) in [4.78, 5) is 25.5. The van der Waals surface area contributed by atoms with Crippen molar-refractivity contribution in [1.82, 2.24) is 0 Å². The van der Waals surface area contributed by atoms with Crippen LogP contribution in [0.5, 0.6) is 0 Å². The lowest BCUT2D eigenvalue weighted by Gasteiger charge is -2.18. The van der Waals surface area contributed by atoms with Gasteiger partial charge in [-0.3, -0.25) is 9.59 Å². The van der Waals surface area contributed by atoms with E-state index in [0.717, 1.165) is 33.5 Å². The first kappa shape index (κ1) is 18.9. The molecule has 0 spiro atoms. The maximum atomic E-state index is 12.9. The predicted octanol–water partition coefficient (Wildman–Crippen LogP) is 5.86. The van der Waals surface area contributed by atoms with Gasteiger partial charge in [-0.25, -0.2) is 0 Å². The molecule has 144 valence electrons. The first-order chi connectivity index (χ1) is 14.1. The maximum absolute atomic E-state index is 12.9. The van der Waals surface area contributed by atoms with Gasteiger partial charge in [0.1, 0.15) is 0 Å². The lowest BCUT2D eigenvalue weighted by atomic mass is 9.85. The molecule has 0 saturated carbocycles. The fourth-order valence-corrected chi connectivity index (χ4v) is 4.01. The van der Waals surface area contributed by atoms with Crippen LogP contribution >= 0.6 is 0 Å². The molecule has 4 rings (SSSR count). The molecule has 3 aromatic carbocycles. The first-order valence-electron chi connectivity index (χ1n) is 9.87. The fraction of sp³-hybridized carbons (Fsp3) is 0.154. The van der Waals surface area contributed by atoms with Gasteiger partial charge in [0.15, 0.2) is 5.78 Å². The number of amides is 1. The van der Waals surface area contributed by atoms with Gasteiger partial charge in [-0.05, 0) is 30.9 Å². The highest BCUT2D eigenvalue weighted by molar-refractivity contribution is 6.32. The molecule has 1 aliphatic rings. The molecule has 0 fully saturated rings. The van der Waals surface area contributed by atoms with Crippen molar-refractivity contribution < 1.29 is 9.59 Å². The van der Waals surface area contributed by atoms with Gasteiger partial charge >= 0.3 is 0 Å². The molecular formula is C26H23NO2. The zero-order valence-electron chi connectivity index (χ0n) is 16.4. The average molecular weight is 381 g/mol. The van der Waals surface area contributed by atoms with E-state index in [4.69, 9.17) is 0 Å². The van der Waals surface area contributed by atoms with E-state index in [-0.39, 0.29) is 17.6 Å². The van der Waals surface area contributed by atoms with Crippen molar-refractivity contribution in [2.24, 2.45) is 0 Å². The van der Waals surface area contributed by atoms with Crippen molar-refractivity contribution in [2.45, 2.75) is 25.7 Å². The Hall–Kier alpha value is -3.46. The Kier molecular flexibility index (Phi) is 5.39. The van der Waals surface area contributed by atoms with Gasteiger partial charge in [-0.1, -0.05) is 84.4 Å². The third-order valence-electron chi connectivity index (χ3n) is 5.45. The second-order valence-corrected chi connectivity index (χ2v) is 7.46. The van der Waals surface area contributed by atoms with Crippen LogP contribution in [0.1, 0.15) is 47.2 Å². The molecule has 1 amide bonds. The van der Waals surface area contributed by atoms with Gasteiger partial charge in [0.2, 0.25) is 0 Å². The Morgan fingerprint density at radius 2 is 1.45 bits per heavy atom. The van der Waals surface area contributed by atoms with Crippen LogP contribution in [0.4, 0.5) is 5.69 Å². The van der Waals surface area contributed by atoms with E-state index in [1.54, 1.807) is 0 Å².